The number of carbonyl (C=O) groups excluding carboxylic acids is 1. The van der Waals surface area contributed by atoms with Crippen LogP contribution in [0.5, 0.6) is 0 Å². The van der Waals surface area contributed by atoms with Gasteiger partial charge in [0.2, 0.25) is 0 Å². The standard InChI is InChI=1S/C14H16F3NO/c1-9(10-6-7-10)18(2)13(19)11-4-3-5-12(8-11)14(15,16)17/h3-5,8-10H,6-7H2,1-2H3. The van der Waals surface area contributed by atoms with Crippen molar-refractivity contribution in [1.29, 1.82) is 0 Å². The van der Waals surface area contributed by atoms with Gasteiger partial charge in [-0.1, -0.05) is 6.07 Å². The van der Waals surface area contributed by atoms with Crippen LogP contribution in [0.2, 0.25) is 0 Å². The number of carbonyl (C=O) groups is 1. The molecule has 1 saturated carbocycles. The van der Waals surface area contributed by atoms with Gasteiger partial charge in [-0.05, 0) is 43.9 Å². The van der Waals surface area contributed by atoms with E-state index >= 15 is 0 Å². The Morgan fingerprint density at radius 2 is 2.00 bits per heavy atom. The van der Waals surface area contributed by atoms with Crippen LogP contribution >= 0.6 is 0 Å². The minimum absolute atomic E-state index is 0.0713. The summed E-state index contributed by atoms with van der Waals surface area (Å²) in [6.45, 7) is 1.93. The zero-order chi connectivity index (χ0) is 14.2. The first-order valence-corrected chi connectivity index (χ1v) is 6.25. The second kappa shape index (κ2) is 4.87. The largest absolute Gasteiger partial charge is 0.416 e. The van der Waals surface area contributed by atoms with Crippen LogP contribution in [0.15, 0.2) is 24.3 Å². The van der Waals surface area contributed by atoms with Gasteiger partial charge in [0, 0.05) is 18.7 Å². The van der Waals surface area contributed by atoms with Crippen molar-refractivity contribution in [3.63, 3.8) is 0 Å². The Hall–Kier alpha value is -1.52. The summed E-state index contributed by atoms with van der Waals surface area (Å²) in [5.41, 5.74) is -0.698. The summed E-state index contributed by atoms with van der Waals surface area (Å²) in [5.74, 6) is 0.130. The highest BCUT2D eigenvalue weighted by molar-refractivity contribution is 5.94. The first-order valence-electron chi connectivity index (χ1n) is 6.25. The van der Waals surface area contributed by atoms with Crippen LogP contribution in [0.3, 0.4) is 0 Å². The summed E-state index contributed by atoms with van der Waals surface area (Å²) >= 11 is 0. The molecular weight excluding hydrogens is 255 g/mol. The van der Waals surface area contributed by atoms with Gasteiger partial charge in [0.25, 0.3) is 5.91 Å². The van der Waals surface area contributed by atoms with Gasteiger partial charge < -0.3 is 4.90 Å². The molecule has 1 amide bonds. The highest BCUT2D eigenvalue weighted by Crippen LogP contribution is 2.35. The quantitative estimate of drug-likeness (QED) is 0.823. The van der Waals surface area contributed by atoms with E-state index in [0.29, 0.717) is 5.92 Å². The van der Waals surface area contributed by atoms with Crippen molar-refractivity contribution in [1.82, 2.24) is 4.90 Å². The number of benzene rings is 1. The average molecular weight is 271 g/mol. The normalized spacial score (nSPS) is 17.1. The number of nitrogens with zero attached hydrogens (tertiary/aromatic N) is 1. The van der Waals surface area contributed by atoms with Crippen molar-refractivity contribution >= 4 is 5.91 Å². The summed E-state index contributed by atoms with van der Waals surface area (Å²) in [5, 5.41) is 0. The number of alkyl halides is 3. The van der Waals surface area contributed by atoms with Crippen LogP contribution < -0.4 is 0 Å². The lowest BCUT2D eigenvalue weighted by Crippen LogP contribution is -2.36. The van der Waals surface area contributed by atoms with E-state index in [0.717, 1.165) is 25.0 Å². The molecule has 0 heterocycles. The van der Waals surface area contributed by atoms with Gasteiger partial charge in [0.15, 0.2) is 0 Å². The molecule has 1 aromatic rings. The van der Waals surface area contributed by atoms with Crippen molar-refractivity contribution in [2.45, 2.75) is 32.0 Å². The molecule has 0 radical (unpaired) electrons. The third-order valence-electron chi connectivity index (χ3n) is 3.67. The van der Waals surface area contributed by atoms with Crippen LogP contribution in [0.25, 0.3) is 0 Å². The number of amides is 1. The molecule has 0 aromatic heterocycles. The molecule has 2 nitrogen and oxygen atoms in total. The smallest absolute Gasteiger partial charge is 0.339 e. The lowest BCUT2D eigenvalue weighted by atomic mass is 10.1. The number of hydrogen-bond acceptors (Lipinski definition) is 1. The molecule has 1 aliphatic rings. The van der Waals surface area contributed by atoms with Gasteiger partial charge >= 0.3 is 6.18 Å². The lowest BCUT2D eigenvalue weighted by Gasteiger charge is -2.25. The van der Waals surface area contributed by atoms with Crippen molar-refractivity contribution < 1.29 is 18.0 Å². The van der Waals surface area contributed by atoms with Crippen LogP contribution in [-0.4, -0.2) is 23.9 Å². The Labute approximate surface area is 110 Å². The summed E-state index contributed by atoms with van der Waals surface area (Å²) in [7, 11) is 1.64. The minimum atomic E-state index is -4.42. The molecule has 2 rings (SSSR count). The first-order chi connectivity index (χ1) is 8.80. The third-order valence-corrected chi connectivity index (χ3v) is 3.67. The second-order valence-corrected chi connectivity index (χ2v) is 5.07. The van der Waals surface area contributed by atoms with E-state index in [1.165, 1.54) is 17.0 Å². The Morgan fingerprint density at radius 1 is 1.37 bits per heavy atom. The maximum Gasteiger partial charge on any atom is 0.416 e. The highest BCUT2D eigenvalue weighted by atomic mass is 19.4. The molecule has 5 heteroatoms. The fourth-order valence-corrected chi connectivity index (χ4v) is 2.11. The fraction of sp³-hybridized carbons (Fsp3) is 0.500. The summed E-state index contributed by atoms with van der Waals surface area (Å²) < 4.78 is 37.8. The Balaban J connectivity index is 2.19. The molecule has 0 N–H and O–H groups in total. The Kier molecular flexibility index (Phi) is 3.56. The molecule has 1 atom stereocenters. The van der Waals surface area contributed by atoms with E-state index < -0.39 is 11.7 Å². The molecule has 0 bridgehead atoms. The summed E-state index contributed by atoms with van der Waals surface area (Å²) in [4.78, 5) is 13.7. The zero-order valence-electron chi connectivity index (χ0n) is 10.9. The molecule has 1 unspecified atom stereocenters. The number of rotatable bonds is 3. The van der Waals surface area contributed by atoms with Crippen LogP contribution in [0.4, 0.5) is 13.2 Å². The predicted octanol–water partition coefficient (Wildman–Crippen LogP) is 3.58. The van der Waals surface area contributed by atoms with E-state index in [-0.39, 0.29) is 17.5 Å². The molecule has 19 heavy (non-hydrogen) atoms. The zero-order valence-corrected chi connectivity index (χ0v) is 10.9. The maximum atomic E-state index is 12.6. The van der Waals surface area contributed by atoms with Gasteiger partial charge in [0.1, 0.15) is 0 Å². The molecular formula is C14H16F3NO. The van der Waals surface area contributed by atoms with Crippen LogP contribution in [0.1, 0.15) is 35.7 Å². The molecule has 0 aliphatic heterocycles. The SMILES string of the molecule is CC(C1CC1)N(C)C(=O)c1cccc(C(F)(F)F)c1. The fourth-order valence-electron chi connectivity index (χ4n) is 2.11. The molecule has 1 aromatic carbocycles. The summed E-state index contributed by atoms with van der Waals surface area (Å²) in [6.07, 6.45) is -2.25. The second-order valence-electron chi connectivity index (χ2n) is 5.07. The van der Waals surface area contributed by atoms with Crippen LogP contribution in [0, 0.1) is 5.92 Å². The average Bonchev–Trinajstić information content (AvgIpc) is 3.19. The molecule has 0 saturated heterocycles. The van der Waals surface area contributed by atoms with Gasteiger partial charge in [0.05, 0.1) is 5.56 Å². The minimum Gasteiger partial charge on any atom is -0.339 e. The maximum absolute atomic E-state index is 12.6. The predicted molar refractivity (Wildman–Crippen MR) is 65.7 cm³/mol. The van der Waals surface area contributed by atoms with Crippen molar-refractivity contribution in [3.05, 3.63) is 35.4 Å². The Morgan fingerprint density at radius 3 is 2.53 bits per heavy atom. The lowest BCUT2D eigenvalue weighted by molar-refractivity contribution is -0.137. The number of halogens is 3. The summed E-state index contributed by atoms with van der Waals surface area (Å²) in [6, 6.07) is 4.65. The van der Waals surface area contributed by atoms with Gasteiger partial charge in [-0.3, -0.25) is 4.79 Å². The molecule has 1 fully saturated rings. The van der Waals surface area contributed by atoms with E-state index in [2.05, 4.69) is 0 Å². The van der Waals surface area contributed by atoms with Crippen molar-refractivity contribution in [3.8, 4) is 0 Å². The van der Waals surface area contributed by atoms with Crippen LogP contribution in [-0.2, 0) is 6.18 Å². The van der Waals surface area contributed by atoms with E-state index in [4.69, 9.17) is 0 Å². The molecule has 0 spiro atoms. The molecule has 104 valence electrons. The van der Waals surface area contributed by atoms with E-state index in [1.54, 1.807) is 7.05 Å². The number of hydrogen-bond donors (Lipinski definition) is 0. The van der Waals surface area contributed by atoms with Gasteiger partial charge in [-0.25, -0.2) is 0 Å². The highest BCUT2D eigenvalue weighted by Gasteiger charge is 2.34. The van der Waals surface area contributed by atoms with Crippen molar-refractivity contribution in [2.75, 3.05) is 7.05 Å². The monoisotopic (exact) mass is 271 g/mol. The van der Waals surface area contributed by atoms with Gasteiger partial charge in [-0.15, -0.1) is 0 Å². The Bertz CT molecular complexity index is 480. The van der Waals surface area contributed by atoms with Crippen molar-refractivity contribution in [2.24, 2.45) is 5.92 Å². The molecule has 1 aliphatic carbocycles. The van der Waals surface area contributed by atoms with E-state index in [1.807, 2.05) is 6.92 Å². The first kappa shape index (κ1) is 13.9. The topological polar surface area (TPSA) is 20.3 Å². The van der Waals surface area contributed by atoms with Gasteiger partial charge in [-0.2, -0.15) is 13.2 Å². The third kappa shape index (κ3) is 3.08. The van der Waals surface area contributed by atoms with E-state index in [9.17, 15) is 18.0 Å².